The number of benzene rings is 1. The minimum atomic E-state index is 0.00544. The van der Waals surface area contributed by atoms with Crippen LogP contribution in [-0.2, 0) is 17.8 Å². The molecular weight excluding hydrogens is 424 g/mol. The van der Waals surface area contributed by atoms with Gasteiger partial charge >= 0.3 is 0 Å². The van der Waals surface area contributed by atoms with Gasteiger partial charge in [-0.3, -0.25) is 4.79 Å². The number of anilines is 1. The molecule has 1 aromatic carbocycles. The highest BCUT2D eigenvalue weighted by atomic mass is 16.2. The normalized spacial score (nSPS) is 21.2. The third kappa shape index (κ3) is 3.97. The summed E-state index contributed by atoms with van der Waals surface area (Å²) < 4.78 is 2.28. The molecule has 7 heteroatoms. The first-order valence-electron chi connectivity index (χ1n) is 12.8. The molecule has 1 unspecified atom stereocenters. The van der Waals surface area contributed by atoms with E-state index in [0.29, 0.717) is 13.1 Å². The van der Waals surface area contributed by atoms with E-state index in [1.807, 2.05) is 11.0 Å². The van der Waals surface area contributed by atoms with Crippen LogP contribution in [0.5, 0.6) is 0 Å². The highest BCUT2D eigenvalue weighted by Gasteiger charge is 2.32. The topological polar surface area (TPSA) is 67.2 Å². The van der Waals surface area contributed by atoms with E-state index >= 15 is 0 Å². The monoisotopic (exact) mass is 456 g/mol. The van der Waals surface area contributed by atoms with E-state index in [9.17, 15) is 4.79 Å². The predicted molar refractivity (Wildman–Crippen MR) is 133 cm³/mol. The molecule has 176 valence electrons. The summed E-state index contributed by atoms with van der Waals surface area (Å²) >= 11 is 0. The molecule has 0 bridgehead atoms. The number of aromatic nitrogens is 4. The zero-order valence-corrected chi connectivity index (χ0v) is 19.7. The van der Waals surface area contributed by atoms with Crippen molar-refractivity contribution in [2.75, 3.05) is 31.1 Å². The molecular formula is C27H32N6O. The molecule has 0 aliphatic carbocycles. The summed E-state index contributed by atoms with van der Waals surface area (Å²) in [7, 11) is 0. The van der Waals surface area contributed by atoms with Crippen LogP contribution >= 0.6 is 0 Å². The van der Waals surface area contributed by atoms with Crippen LogP contribution in [0.4, 0.5) is 5.82 Å². The fraction of sp³-hybridized carbons (Fsp3) is 0.481. The number of amides is 1. The summed E-state index contributed by atoms with van der Waals surface area (Å²) in [6.45, 7) is 4.10. The standard InChI is InChI=1S/C27H32N6O/c34-27(31-16-12-21(13-17-31)20-8-3-1-4-9-20)22-10-7-14-32(18-22)25-24-26(29-19-28-25)33-15-6-2-5-11-23(33)30-24/h1,3-4,8-9,12,19,22H,2,5-7,10-11,13-18H2. The van der Waals surface area contributed by atoms with Gasteiger partial charge in [-0.2, -0.15) is 0 Å². The minimum Gasteiger partial charge on any atom is -0.354 e. The molecule has 6 rings (SSSR count). The third-order valence-corrected chi connectivity index (χ3v) is 7.61. The van der Waals surface area contributed by atoms with Crippen molar-refractivity contribution >= 4 is 28.5 Å². The maximum atomic E-state index is 13.5. The lowest BCUT2D eigenvalue weighted by Crippen LogP contribution is -2.46. The number of fused-ring (bicyclic) bond motifs is 3. The zero-order valence-electron chi connectivity index (χ0n) is 19.7. The molecule has 3 aliphatic rings. The van der Waals surface area contributed by atoms with Crippen LogP contribution in [-0.4, -0.2) is 56.5 Å². The Morgan fingerprint density at radius 3 is 2.71 bits per heavy atom. The predicted octanol–water partition coefficient (Wildman–Crippen LogP) is 4.09. The molecule has 0 saturated carbocycles. The van der Waals surface area contributed by atoms with Crippen molar-refractivity contribution in [2.45, 2.75) is 51.5 Å². The van der Waals surface area contributed by atoms with Crippen LogP contribution in [0.25, 0.3) is 16.7 Å². The van der Waals surface area contributed by atoms with Crippen molar-refractivity contribution in [3.8, 4) is 0 Å². The molecule has 0 N–H and O–H groups in total. The second-order valence-corrected chi connectivity index (χ2v) is 9.77. The molecule has 1 fully saturated rings. The van der Waals surface area contributed by atoms with Crippen molar-refractivity contribution in [1.82, 2.24) is 24.4 Å². The fourth-order valence-corrected chi connectivity index (χ4v) is 5.77. The van der Waals surface area contributed by atoms with E-state index in [-0.39, 0.29) is 11.8 Å². The highest BCUT2D eigenvalue weighted by molar-refractivity contribution is 5.85. The second-order valence-electron chi connectivity index (χ2n) is 9.77. The SMILES string of the molecule is O=C(C1CCCN(c2ncnc3c2nc2n3CCCCC2)C1)N1CC=C(c2ccccc2)CC1. The summed E-state index contributed by atoms with van der Waals surface area (Å²) in [6.07, 6.45) is 11.4. The van der Waals surface area contributed by atoms with Gasteiger partial charge in [-0.15, -0.1) is 0 Å². The lowest BCUT2D eigenvalue weighted by Gasteiger charge is -2.36. The van der Waals surface area contributed by atoms with Crippen molar-refractivity contribution in [2.24, 2.45) is 5.92 Å². The van der Waals surface area contributed by atoms with Gasteiger partial charge in [-0.05, 0) is 43.2 Å². The molecule has 34 heavy (non-hydrogen) atoms. The number of aryl methyl sites for hydroxylation is 2. The minimum absolute atomic E-state index is 0.00544. The first-order chi connectivity index (χ1) is 16.8. The van der Waals surface area contributed by atoms with Gasteiger partial charge in [-0.1, -0.05) is 42.8 Å². The number of hydrogen-bond donors (Lipinski definition) is 0. The maximum Gasteiger partial charge on any atom is 0.227 e. The van der Waals surface area contributed by atoms with Crippen LogP contribution in [0, 0.1) is 5.92 Å². The first-order valence-corrected chi connectivity index (χ1v) is 12.8. The van der Waals surface area contributed by atoms with Crippen LogP contribution in [0.3, 0.4) is 0 Å². The molecule has 1 saturated heterocycles. The lowest BCUT2D eigenvalue weighted by molar-refractivity contribution is -0.135. The number of rotatable bonds is 3. The van der Waals surface area contributed by atoms with Gasteiger partial charge in [0.05, 0.1) is 5.92 Å². The summed E-state index contributed by atoms with van der Waals surface area (Å²) in [5, 5.41) is 0. The Bertz CT molecular complexity index is 1220. The van der Waals surface area contributed by atoms with Gasteiger partial charge in [0.15, 0.2) is 17.0 Å². The molecule has 3 aromatic rings. The Labute approximate surface area is 200 Å². The van der Waals surface area contributed by atoms with Gasteiger partial charge < -0.3 is 14.4 Å². The molecule has 0 radical (unpaired) electrons. The summed E-state index contributed by atoms with van der Waals surface area (Å²) in [5.74, 6) is 2.31. The highest BCUT2D eigenvalue weighted by Crippen LogP contribution is 2.31. The van der Waals surface area contributed by atoms with Gasteiger partial charge in [0.25, 0.3) is 0 Å². The van der Waals surface area contributed by atoms with E-state index in [4.69, 9.17) is 4.98 Å². The Kier molecular flexibility index (Phi) is 5.77. The van der Waals surface area contributed by atoms with Gasteiger partial charge in [-0.25, -0.2) is 15.0 Å². The number of imidazole rings is 1. The Hall–Kier alpha value is -3.22. The smallest absolute Gasteiger partial charge is 0.227 e. The molecule has 3 aliphatic heterocycles. The summed E-state index contributed by atoms with van der Waals surface area (Å²) in [6, 6.07) is 10.5. The number of carbonyl (C=O) groups is 1. The number of hydrogen-bond acceptors (Lipinski definition) is 5. The lowest BCUT2D eigenvalue weighted by atomic mass is 9.94. The molecule has 0 spiro atoms. The van der Waals surface area contributed by atoms with Crippen molar-refractivity contribution in [3.63, 3.8) is 0 Å². The van der Waals surface area contributed by atoms with E-state index in [1.54, 1.807) is 6.33 Å². The van der Waals surface area contributed by atoms with Crippen LogP contribution in [0.2, 0.25) is 0 Å². The molecule has 5 heterocycles. The van der Waals surface area contributed by atoms with Crippen molar-refractivity contribution < 1.29 is 4.79 Å². The summed E-state index contributed by atoms with van der Waals surface area (Å²) in [5.41, 5.74) is 4.47. The van der Waals surface area contributed by atoms with Crippen LogP contribution < -0.4 is 4.90 Å². The number of piperidine rings is 1. The van der Waals surface area contributed by atoms with Gasteiger partial charge in [0.1, 0.15) is 12.2 Å². The van der Waals surface area contributed by atoms with Crippen molar-refractivity contribution in [1.29, 1.82) is 0 Å². The fourth-order valence-electron chi connectivity index (χ4n) is 5.77. The second kappa shape index (κ2) is 9.20. The number of carbonyl (C=O) groups excluding carboxylic acids is 1. The average molecular weight is 457 g/mol. The average Bonchev–Trinajstić information content (AvgIpc) is 3.09. The summed E-state index contributed by atoms with van der Waals surface area (Å²) in [4.78, 5) is 32.0. The van der Waals surface area contributed by atoms with Gasteiger partial charge in [0.2, 0.25) is 5.91 Å². The first kappa shape index (κ1) is 21.3. The van der Waals surface area contributed by atoms with E-state index < -0.39 is 0 Å². The Morgan fingerprint density at radius 2 is 1.85 bits per heavy atom. The van der Waals surface area contributed by atoms with Crippen LogP contribution in [0.15, 0.2) is 42.7 Å². The zero-order chi connectivity index (χ0) is 22.9. The Balaban J connectivity index is 1.19. The van der Waals surface area contributed by atoms with E-state index in [2.05, 4.69) is 49.8 Å². The third-order valence-electron chi connectivity index (χ3n) is 7.61. The number of nitrogens with zero attached hydrogens (tertiary/aromatic N) is 6. The maximum absolute atomic E-state index is 13.5. The molecule has 7 nitrogen and oxygen atoms in total. The largest absolute Gasteiger partial charge is 0.354 e. The van der Waals surface area contributed by atoms with Gasteiger partial charge in [0, 0.05) is 39.1 Å². The molecule has 1 atom stereocenters. The van der Waals surface area contributed by atoms with E-state index in [1.165, 1.54) is 30.4 Å². The quantitative estimate of drug-likeness (QED) is 0.594. The molecule has 2 aromatic heterocycles. The van der Waals surface area contributed by atoms with Crippen molar-refractivity contribution in [3.05, 3.63) is 54.1 Å². The molecule has 1 amide bonds. The van der Waals surface area contributed by atoms with E-state index in [0.717, 1.165) is 68.1 Å². The Morgan fingerprint density at radius 1 is 0.941 bits per heavy atom. The van der Waals surface area contributed by atoms with Crippen LogP contribution in [0.1, 0.15) is 49.9 Å².